The maximum atomic E-state index is 15.7. The van der Waals surface area contributed by atoms with E-state index in [9.17, 15) is 35.9 Å². The van der Waals surface area contributed by atoms with Gasteiger partial charge >= 0.3 is 6.61 Å². The number of aromatic nitrogens is 3. The number of hydrogen-bond acceptors (Lipinski definition) is 10. The molecule has 0 aliphatic carbocycles. The van der Waals surface area contributed by atoms with Gasteiger partial charge in [-0.1, -0.05) is 0 Å². The zero-order chi connectivity index (χ0) is 31.9. The van der Waals surface area contributed by atoms with Crippen LogP contribution in [0.5, 0.6) is 5.75 Å². The van der Waals surface area contributed by atoms with Crippen LogP contribution in [0, 0.1) is 5.82 Å². The SMILES string of the molecule is CC(C)NS(=O)(=O)c1ccc(-c2sc(-c3nnc(CC(C)(C)O)o3)nc2C(=O)N2CCC(F)(F)CC2)c(OC(F)F)c1F. The second-order valence-corrected chi connectivity index (χ2v) is 13.4. The van der Waals surface area contributed by atoms with Gasteiger partial charge in [0.05, 0.1) is 16.9 Å². The normalized spacial score (nSPS) is 15.9. The van der Waals surface area contributed by atoms with E-state index < -0.39 is 80.7 Å². The second-order valence-electron chi connectivity index (χ2n) is 10.7. The summed E-state index contributed by atoms with van der Waals surface area (Å²) in [6.07, 6.45) is -1.30. The molecule has 0 radical (unpaired) electrons. The molecule has 1 fully saturated rings. The maximum absolute atomic E-state index is 15.7. The van der Waals surface area contributed by atoms with Gasteiger partial charge in [0, 0.05) is 37.5 Å². The Morgan fingerprint density at radius 2 is 1.88 bits per heavy atom. The van der Waals surface area contributed by atoms with Crippen LogP contribution >= 0.6 is 11.3 Å². The Morgan fingerprint density at radius 1 is 1.23 bits per heavy atom. The van der Waals surface area contributed by atoms with Crippen molar-refractivity contribution in [2.24, 2.45) is 0 Å². The largest absolute Gasteiger partial charge is 0.431 e. The standard InChI is InChI=1S/C25H28F5N5O6S2/c1-12(2)34-43(38,39)14-6-5-13(18(16(14)26)41-23(27)28)19-17(22(36)35-9-7-25(29,30)8-10-35)31-21(42-19)20-33-32-15(40-20)11-24(3,4)37/h5-6,12,23,34,37H,7-11H2,1-4H3. The Balaban J connectivity index is 1.88. The van der Waals surface area contributed by atoms with Crippen molar-refractivity contribution in [1.29, 1.82) is 0 Å². The average molecular weight is 654 g/mol. The predicted molar refractivity (Wildman–Crippen MR) is 143 cm³/mol. The van der Waals surface area contributed by atoms with Crippen molar-refractivity contribution in [3.8, 4) is 27.1 Å². The number of halogens is 5. The van der Waals surface area contributed by atoms with E-state index in [0.717, 1.165) is 17.0 Å². The minimum Gasteiger partial charge on any atom is -0.431 e. The van der Waals surface area contributed by atoms with Crippen LogP contribution in [0.25, 0.3) is 21.3 Å². The number of piperidine rings is 1. The summed E-state index contributed by atoms with van der Waals surface area (Å²) in [6, 6.07) is 1.13. The van der Waals surface area contributed by atoms with Gasteiger partial charge in [-0.2, -0.15) is 8.78 Å². The Hall–Kier alpha value is -3.22. The number of nitrogens with zero attached hydrogens (tertiary/aromatic N) is 4. The number of aliphatic hydroxyl groups is 1. The van der Waals surface area contributed by atoms with Gasteiger partial charge in [0.1, 0.15) is 10.6 Å². The Morgan fingerprint density at radius 3 is 2.47 bits per heavy atom. The third kappa shape index (κ3) is 7.66. The fourth-order valence-electron chi connectivity index (χ4n) is 4.21. The number of carbonyl (C=O) groups is 1. The van der Waals surface area contributed by atoms with Crippen LogP contribution in [0.4, 0.5) is 22.0 Å². The first kappa shape index (κ1) is 32.7. The third-order valence-electron chi connectivity index (χ3n) is 6.04. The van der Waals surface area contributed by atoms with Crippen LogP contribution in [-0.4, -0.2) is 76.8 Å². The summed E-state index contributed by atoms with van der Waals surface area (Å²) in [6.45, 7) is 1.65. The molecule has 0 saturated carbocycles. The quantitative estimate of drug-likeness (QED) is 0.303. The molecule has 18 heteroatoms. The second kappa shape index (κ2) is 12.0. The lowest BCUT2D eigenvalue weighted by Gasteiger charge is -2.31. The Kier molecular flexibility index (Phi) is 9.16. The van der Waals surface area contributed by atoms with Crippen molar-refractivity contribution < 1.29 is 49.4 Å². The van der Waals surface area contributed by atoms with Gasteiger partial charge in [-0.25, -0.2) is 31.3 Å². The van der Waals surface area contributed by atoms with E-state index in [-0.39, 0.29) is 41.2 Å². The monoisotopic (exact) mass is 653 g/mol. The van der Waals surface area contributed by atoms with E-state index >= 15 is 4.39 Å². The molecule has 43 heavy (non-hydrogen) atoms. The third-order valence-corrected chi connectivity index (χ3v) is 8.79. The van der Waals surface area contributed by atoms with E-state index in [1.54, 1.807) is 0 Å². The number of carbonyl (C=O) groups excluding carboxylic acids is 1. The fraction of sp³-hybridized carbons (Fsp3) is 0.520. The Bertz CT molecular complexity index is 1590. The first-order valence-electron chi connectivity index (χ1n) is 12.9. The number of hydrogen-bond donors (Lipinski definition) is 2. The van der Waals surface area contributed by atoms with Crippen LogP contribution in [-0.2, 0) is 16.4 Å². The molecular weight excluding hydrogens is 625 g/mol. The molecule has 1 amide bonds. The molecule has 1 aliphatic heterocycles. The number of alkyl halides is 4. The molecule has 3 heterocycles. The van der Waals surface area contributed by atoms with Gasteiger partial charge in [0.2, 0.25) is 15.9 Å². The maximum Gasteiger partial charge on any atom is 0.387 e. The molecule has 0 spiro atoms. The van der Waals surface area contributed by atoms with Gasteiger partial charge in [0.25, 0.3) is 17.7 Å². The number of nitrogens with one attached hydrogen (secondary N) is 1. The van der Waals surface area contributed by atoms with E-state index in [0.29, 0.717) is 11.3 Å². The molecule has 1 saturated heterocycles. The van der Waals surface area contributed by atoms with E-state index in [1.165, 1.54) is 27.7 Å². The highest BCUT2D eigenvalue weighted by Crippen LogP contribution is 2.43. The summed E-state index contributed by atoms with van der Waals surface area (Å²) in [5.41, 5.74) is -2.12. The highest BCUT2D eigenvalue weighted by atomic mass is 32.2. The fourth-order valence-corrected chi connectivity index (χ4v) is 6.53. The minimum absolute atomic E-state index is 0.00497. The number of amides is 1. The summed E-state index contributed by atoms with van der Waals surface area (Å²) in [5.74, 6) is -6.91. The molecule has 4 rings (SSSR count). The summed E-state index contributed by atoms with van der Waals surface area (Å²) in [5, 5.41) is 17.6. The van der Waals surface area contributed by atoms with Crippen LogP contribution in [0.1, 0.15) is 56.9 Å². The summed E-state index contributed by atoms with van der Waals surface area (Å²) < 4.78 is 108. The number of likely N-dealkylation sites (tertiary alicyclic amines) is 1. The van der Waals surface area contributed by atoms with Gasteiger partial charge in [0.15, 0.2) is 16.6 Å². The van der Waals surface area contributed by atoms with Crippen LogP contribution in [0.2, 0.25) is 0 Å². The van der Waals surface area contributed by atoms with Gasteiger partial charge < -0.3 is 19.2 Å². The molecule has 236 valence electrons. The van der Waals surface area contributed by atoms with Crippen molar-refractivity contribution in [1.82, 2.24) is 24.8 Å². The Labute approximate surface area is 247 Å². The molecule has 0 bridgehead atoms. The lowest BCUT2D eigenvalue weighted by atomic mass is 10.1. The topological polar surface area (TPSA) is 148 Å². The first-order chi connectivity index (χ1) is 19.9. The highest BCUT2D eigenvalue weighted by Gasteiger charge is 2.38. The number of ether oxygens (including phenoxy) is 1. The lowest BCUT2D eigenvalue weighted by Crippen LogP contribution is -2.43. The van der Waals surface area contributed by atoms with Gasteiger partial charge in [-0.15, -0.1) is 21.5 Å². The number of sulfonamides is 1. The van der Waals surface area contributed by atoms with E-state index in [2.05, 4.69) is 24.6 Å². The molecule has 3 aromatic rings. The molecule has 11 nitrogen and oxygen atoms in total. The summed E-state index contributed by atoms with van der Waals surface area (Å²) >= 11 is 0.641. The van der Waals surface area contributed by atoms with E-state index in [4.69, 9.17) is 4.42 Å². The lowest BCUT2D eigenvalue weighted by molar-refractivity contribution is -0.0521. The van der Waals surface area contributed by atoms with E-state index in [1.807, 2.05) is 0 Å². The number of rotatable bonds is 10. The minimum atomic E-state index is -4.51. The van der Waals surface area contributed by atoms with Gasteiger partial charge in [-0.3, -0.25) is 4.79 Å². The molecule has 2 aromatic heterocycles. The zero-order valence-corrected chi connectivity index (χ0v) is 25.0. The van der Waals surface area contributed by atoms with Crippen molar-refractivity contribution in [3.05, 3.63) is 29.5 Å². The van der Waals surface area contributed by atoms with Gasteiger partial charge in [-0.05, 0) is 39.8 Å². The van der Waals surface area contributed by atoms with Crippen molar-refractivity contribution >= 4 is 27.3 Å². The smallest absolute Gasteiger partial charge is 0.387 e. The molecule has 2 N–H and O–H groups in total. The summed E-state index contributed by atoms with van der Waals surface area (Å²) in [7, 11) is -4.51. The first-order valence-corrected chi connectivity index (χ1v) is 15.2. The molecule has 1 aliphatic rings. The molecule has 0 unspecified atom stereocenters. The summed E-state index contributed by atoms with van der Waals surface area (Å²) in [4.78, 5) is 17.6. The number of benzene rings is 1. The zero-order valence-electron chi connectivity index (χ0n) is 23.3. The highest BCUT2D eigenvalue weighted by molar-refractivity contribution is 7.89. The molecular formula is C25H28F5N5O6S2. The van der Waals surface area contributed by atoms with Crippen LogP contribution in [0.3, 0.4) is 0 Å². The molecule has 0 atom stereocenters. The van der Waals surface area contributed by atoms with Crippen molar-refractivity contribution in [2.75, 3.05) is 13.1 Å². The van der Waals surface area contributed by atoms with Crippen LogP contribution < -0.4 is 9.46 Å². The van der Waals surface area contributed by atoms with Crippen LogP contribution in [0.15, 0.2) is 21.4 Å². The average Bonchev–Trinajstić information content (AvgIpc) is 3.50. The molecule has 1 aromatic carbocycles. The van der Waals surface area contributed by atoms with Crippen molar-refractivity contribution in [2.45, 2.75) is 76.0 Å². The van der Waals surface area contributed by atoms with Crippen molar-refractivity contribution in [3.63, 3.8) is 0 Å². The number of thiazole rings is 1. The predicted octanol–water partition coefficient (Wildman–Crippen LogP) is 4.47.